The number of esters is 1. The van der Waals surface area contributed by atoms with Gasteiger partial charge in [0.2, 0.25) is 0 Å². The van der Waals surface area contributed by atoms with Crippen molar-refractivity contribution in [1.29, 1.82) is 0 Å². The Bertz CT molecular complexity index is 353. The molecule has 0 radical (unpaired) electrons. The van der Waals surface area contributed by atoms with Gasteiger partial charge in [-0.05, 0) is 19.5 Å². The maximum absolute atomic E-state index is 11.2. The van der Waals surface area contributed by atoms with Crippen LogP contribution in [0, 0.1) is 0 Å². The third-order valence-corrected chi connectivity index (χ3v) is 2.67. The van der Waals surface area contributed by atoms with Crippen LogP contribution in [0.5, 0.6) is 0 Å². The topological polar surface area (TPSA) is 49.8 Å². The minimum absolute atomic E-state index is 0.196. The van der Waals surface area contributed by atoms with E-state index in [1.54, 1.807) is 6.92 Å². The van der Waals surface area contributed by atoms with Gasteiger partial charge in [-0.3, -0.25) is 4.79 Å². The van der Waals surface area contributed by atoms with Crippen molar-refractivity contribution in [1.82, 2.24) is 4.90 Å². The van der Waals surface area contributed by atoms with E-state index in [0.717, 1.165) is 5.56 Å². The van der Waals surface area contributed by atoms with Crippen LogP contribution in [0.2, 0.25) is 0 Å². The van der Waals surface area contributed by atoms with E-state index in [2.05, 4.69) is 0 Å². The van der Waals surface area contributed by atoms with Crippen LogP contribution < -0.4 is 0 Å². The lowest BCUT2D eigenvalue weighted by atomic mass is 10.1. The molecule has 1 N–H and O–H groups in total. The minimum Gasteiger partial charge on any atom is -0.466 e. The third kappa shape index (κ3) is 5.29. The Kier molecular flexibility index (Phi) is 6.39. The lowest BCUT2D eigenvalue weighted by molar-refractivity contribution is -0.143. The molecule has 0 aliphatic carbocycles. The second-order valence-electron chi connectivity index (χ2n) is 4.24. The van der Waals surface area contributed by atoms with Crippen molar-refractivity contribution in [2.45, 2.75) is 19.4 Å². The first kappa shape index (κ1) is 14.7. The summed E-state index contributed by atoms with van der Waals surface area (Å²) < 4.78 is 4.85. The summed E-state index contributed by atoms with van der Waals surface area (Å²) in [5, 5.41) is 10.0. The van der Waals surface area contributed by atoms with E-state index in [1.807, 2.05) is 42.3 Å². The summed E-state index contributed by atoms with van der Waals surface area (Å²) in [5.41, 5.74) is 0.889. The highest BCUT2D eigenvalue weighted by atomic mass is 16.5. The molecule has 100 valence electrons. The van der Waals surface area contributed by atoms with E-state index in [0.29, 0.717) is 26.1 Å². The zero-order chi connectivity index (χ0) is 13.4. The molecule has 1 rings (SSSR count). The molecular weight excluding hydrogens is 230 g/mol. The van der Waals surface area contributed by atoms with Crippen LogP contribution in [-0.4, -0.2) is 42.7 Å². The number of hydrogen-bond donors (Lipinski definition) is 1. The van der Waals surface area contributed by atoms with Gasteiger partial charge in [-0.2, -0.15) is 0 Å². The number of carbonyl (C=O) groups is 1. The van der Waals surface area contributed by atoms with Crippen molar-refractivity contribution in [3.63, 3.8) is 0 Å². The Labute approximate surface area is 108 Å². The fourth-order valence-electron chi connectivity index (χ4n) is 1.68. The summed E-state index contributed by atoms with van der Waals surface area (Å²) >= 11 is 0. The molecule has 1 aromatic rings. The summed E-state index contributed by atoms with van der Waals surface area (Å²) in [6, 6.07) is 9.50. The van der Waals surface area contributed by atoms with Crippen molar-refractivity contribution in [2.75, 3.05) is 26.7 Å². The standard InChI is InChI=1S/C14H21NO3/c1-3-18-14(17)9-10-15(2)11-13(16)12-7-5-4-6-8-12/h4-8,13,16H,3,9-11H2,1-2H3. The van der Waals surface area contributed by atoms with Crippen LogP contribution in [0.1, 0.15) is 25.0 Å². The molecule has 1 atom stereocenters. The van der Waals surface area contributed by atoms with E-state index in [4.69, 9.17) is 4.74 Å². The molecule has 4 heteroatoms. The van der Waals surface area contributed by atoms with Gasteiger partial charge in [0.25, 0.3) is 0 Å². The number of carbonyl (C=O) groups excluding carboxylic acids is 1. The lowest BCUT2D eigenvalue weighted by Gasteiger charge is -2.20. The Balaban J connectivity index is 2.32. The first-order valence-corrected chi connectivity index (χ1v) is 6.20. The van der Waals surface area contributed by atoms with Crippen molar-refractivity contribution in [3.8, 4) is 0 Å². The molecule has 1 unspecified atom stereocenters. The molecule has 0 heterocycles. The monoisotopic (exact) mass is 251 g/mol. The van der Waals surface area contributed by atoms with Crippen LogP contribution in [-0.2, 0) is 9.53 Å². The lowest BCUT2D eigenvalue weighted by Crippen LogP contribution is -2.27. The van der Waals surface area contributed by atoms with Gasteiger partial charge in [-0.25, -0.2) is 0 Å². The number of ether oxygens (including phenoxy) is 1. The van der Waals surface area contributed by atoms with E-state index in [-0.39, 0.29) is 5.97 Å². The maximum Gasteiger partial charge on any atom is 0.307 e. The Hall–Kier alpha value is -1.39. The van der Waals surface area contributed by atoms with E-state index in [1.165, 1.54) is 0 Å². The van der Waals surface area contributed by atoms with Crippen molar-refractivity contribution >= 4 is 5.97 Å². The largest absolute Gasteiger partial charge is 0.466 e. The van der Waals surface area contributed by atoms with Gasteiger partial charge in [0, 0.05) is 13.1 Å². The average Bonchev–Trinajstić information content (AvgIpc) is 2.38. The van der Waals surface area contributed by atoms with Crippen LogP contribution in [0.25, 0.3) is 0 Å². The predicted molar refractivity (Wildman–Crippen MR) is 70.1 cm³/mol. The molecule has 4 nitrogen and oxygen atoms in total. The Morgan fingerprint density at radius 2 is 2.06 bits per heavy atom. The van der Waals surface area contributed by atoms with E-state index >= 15 is 0 Å². The predicted octanol–water partition coefficient (Wildman–Crippen LogP) is 1.61. The molecule has 0 aliphatic rings. The van der Waals surface area contributed by atoms with Crippen LogP contribution in [0.4, 0.5) is 0 Å². The van der Waals surface area contributed by atoms with Gasteiger partial charge in [0.15, 0.2) is 0 Å². The molecule has 0 spiro atoms. The van der Waals surface area contributed by atoms with E-state index in [9.17, 15) is 9.90 Å². The minimum atomic E-state index is -0.529. The second kappa shape index (κ2) is 7.84. The Morgan fingerprint density at radius 1 is 1.39 bits per heavy atom. The molecule has 1 aromatic carbocycles. The second-order valence-corrected chi connectivity index (χ2v) is 4.24. The maximum atomic E-state index is 11.2. The number of nitrogens with zero attached hydrogens (tertiary/aromatic N) is 1. The highest BCUT2D eigenvalue weighted by molar-refractivity contribution is 5.69. The number of likely N-dealkylation sites (N-methyl/N-ethyl adjacent to an activating group) is 1. The number of rotatable bonds is 7. The third-order valence-electron chi connectivity index (χ3n) is 2.67. The highest BCUT2D eigenvalue weighted by Gasteiger charge is 2.11. The molecular formula is C14H21NO3. The van der Waals surface area contributed by atoms with Crippen molar-refractivity contribution < 1.29 is 14.6 Å². The number of aliphatic hydroxyl groups is 1. The summed E-state index contributed by atoms with van der Waals surface area (Å²) in [4.78, 5) is 13.1. The van der Waals surface area contributed by atoms with Crippen LogP contribution in [0.3, 0.4) is 0 Å². The normalized spacial score (nSPS) is 12.4. The first-order chi connectivity index (χ1) is 8.63. The Morgan fingerprint density at radius 3 is 2.67 bits per heavy atom. The summed E-state index contributed by atoms with van der Waals surface area (Å²) in [6.07, 6.45) is -0.176. The first-order valence-electron chi connectivity index (χ1n) is 6.20. The molecule has 0 aromatic heterocycles. The van der Waals surface area contributed by atoms with Gasteiger partial charge < -0.3 is 14.7 Å². The zero-order valence-electron chi connectivity index (χ0n) is 11.0. The summed E-state index contributed by atoms with van der Waals surface area (Å²) in [5.74, 6) is -0.196. The van der Waals surface area contributed by atoms with E-state index < -0.39 is 6.10 Å². The fraction of sp³-hybridized carbons (Fsp3) is 0.500. The molecule has 0 saturated heterocycles. The molecule has 0 saturated carbocycles. The van der Waals surface area contributed by atoms with Gasteiger partial charge in [0.05, 0.1) is 19.1 Å². The van der Waals surface area contributed by atoms with Crippen molar-refractivity contribution in [3.05, 3.63) is 35.9 Å². The molecule has 0 bridgehead atoms. The van der Waals surface area contributed by atoms with Crippen LogP contribution in [0.15, 0.2) is 30.3 Å². The molecule has 0 amide bonds. The number of hydrogen-bond acceptors (Lipinski definition) is 4. The smallest absolute Gasteiger partial charge is 0.307 e. The van der Waals surface area contributed by atoms with Gasteiger partial charge >= 0.3 is 5.97 Å². The fourth-order valence-corrected chi connectivity index (χ4v) is 1.68. The summed E-state index contributed by atoms with van der Waals surface area (Å²) in [7, 11) is 1.88. The number of benzene rings is 1. The average molecular weight is 251 g/mol. The molecule has 18 heavy (non-hydrogen) atoms. The zero-order valence-corrected chi connectivity index (χ0v) is 11.0. The quantitative estimate of drug-likeness (QED) is 0.748. The molecule has 0 fully saturated rings. The number of aliphatic hydroxyl groups excluding tert-OH is 1. The highest BCUT2D eigenvalue weighted by Crippen LogP contribution is 2.12. The van der Waals surface area contributed by atoms with Gasteiger partial charge in [0.1, 0.15) is 0 Å². The van der Waals surface area contributed by atoms with Crippen molar-refractivity contribution in [2.24, 2.45) is 0 Å². The summed E-state index contributed by atoms with van der Waals surface area (Å²) in [6.45, 7) is 3.29. The van der Waals surface area contributed by atoms with Crippen LogP contribution >= 0.6 is 0 Å². The molecule has 0 aliphatic heterocycles. The van der Waals surface area contributed by atoms with Gasteiger partial charge in [-0.15, -0.1) is 0 Å². The SMILES string of the molecule is CCOC(=O)CCN(C)CC(O)c1ccccc1. The van der Waals surface area contributed by atoms with Gasteiger partial charge in [-0.1, -0.05) is 30.3 Å².